The number of aliphatic hydroxyl groups is 2. The van der Waals surface area contributed by atoms with Crippen LogP contribution in [0.3, 0.4) is 0 Å². The third-order valence-corrected chi connectivity index (χ3v) is 16.2. The first kappa shape index (κ1) is 44.4. The Balaban J connectivity index is 0.000000162. The van der Waals surface area contributed by atoms with Gasteiger partial charge in [0.2, 0.25) is 23.6 Å². The highest BCUT2D eigenvalue weighted by Crippen LogP contribution is 2.52. The van der Waals surface area contributed by atoms with Gasteiger partial charge in [0.05, 0.1) is 36.0 Å². The van der Waals surface area contributed by atoms with Crippen molar-refractivity contribution in [2.24, 2.45) is 35.5 Å². The molecule has 14 heteroatoms. The van der Waals surface area contributed by atoms with Crippen molar-refractivity contribution < 1.29 is 29.4 Å². The Kier molecular flexibility index (Phi) is 12.9. The maximum atomic E-state index is 13.8. The zero-order valence-electron chi connectivity index (χ0n) is 37.6. The van der Waals surface area contributed by atoms with E-state index in [1.54, 1.807) is 33.4 Å². The van der Waals surface area contributed by atoms with Gasteiger partial charge < -0.3 is 38.9 Å². The number of pyridine rings is 2. The summed E-state index contributed by atoms with van der Waals surface area (Å²) in [5.74, 6) is -1.48. The number of hydrogen-bond acceptors (Lipinski definition) is 8. The van der Waals surface area contributed by atoms with Crippen LogP contribution in [0.2, 0.25) is 0 Å². The van der Waals surface area contributed by atoms with Crippen molar-refractivity contribution in [1.29, 1.82) is 0 Å². The van der Waals surface area contributed by atoms with Crippen molar-refractivity contribution in [1.82, 2.24) is 28.7 Å². The molecule has 2 aromatic rings. The predicted molar refractivity (Wildman–Crippen MR) is 241 cm³/mol. The molecule has 0 spiro atoms. The summed E-state index contributed by atoms with van der Waals surface area (Å²) in [5, 5.41) is 20.8. The molecule has 2 saturated carbocycles. The molecule has 0 radical (unpaired) electrons. The molecule has 2 aliphatic carbocycles. The summed E-state index contributed by atoms with van der Waals surface area (Å²) < 4.78 is 3.50. The second-order valence-electron chi connectivity index (χ2n) is 19.5. The molecule has 64 heavy (non-hydrogen) atoms. The fourth-order valence-electron chi connectivity index (χ4n) is 12.4. The zero-order chi connectivity index (χ0) is 44.8. The van der Waals surface area contributed by atoms with Crippen molar-refractivity contribution >= 4 is 35.8 Å². The van der Waals surface area contributed by atoms with Gasteiger partial charge in [0.15, 0.2) is 0 Å². The quantitative estimate of drug-likeness (QED) is 0.395. The standard InChI is InChI=1S/2C25H33N3O4/c2*1-2-7-16-10-11-19-22-21(25(32)26-12-4-3-5-13-26)18(15-29)20(14-27(19)23(16)30)28(22)24(31)17-8-6-9-17/h2*2,7,10-11,17-18,20-22,29H,3-6,8-9,12-15H2,1H3/b7-2+;7-2-/t2*18-,20-,21+,22+/m00/s1. The normalized spacial score (nSPS) is 29.8. The van der Waals surface area contributed by atoms with E-state index in [1.165, 1.54) is 0 Å². The number of piperidine rings is 2. The number of aliphatic hydroxyl groups excluding tert-OH is 2. The maximum absolute atomic E-state index is 13.8. The number of rotatable bonds is 8. The van der Waals surface area contributed by atoms with Gasteiger partial charge in [0, 0.05) is 98.7 Å². The largest absolute Gasteiger partial charge is 0.396 e. The average Bonchev–Trinajstić information content (AvgIpc) is 3.67. The van der Waals surface area contributed by atoms with Gasteiger partial charge in [-0.15, -0.1) is 0 Å². The Bertz CT molecular complexity index is 2140. The van der Waals surface area contributed by atoms with Crippen molar-refractivity contribution in [2.75, 3.05) is 39.4 Å². The summed E-state index contributed by atoms with van der Waals surface area (Å²) in [7, 11) is 0. The van der Waals surface area contributed by atoms with E-state index in [-0.39, 0.29) is 83.7 Å². The minimum atomic E-state index is -0.507. The number of likely N-dealkylation sites (tertiary alicyclic amines) is 2. The van der Waals surface area contributed by atoms with Gasteiger partial charge in [0.25, 0.3) is 11.1 Å². The molecule has 0 unspecified atom stereocenters. The third-order valence-electron chi connectivity index (χ3n) is 16.2. The molecular weight excluding hydrogens is 813 g/mol. The lowest BCUT2D eigenvalue weighted by molar-refractivity contribution is -0.146. The first-order valence-electron chi connectivity index (χ1n) is 24.3. The number of aromatic nitrogens is 2. The Morgan fingerprint density at radius 1 is 0.547 bits per heavy atom. The van der Waals surface area contributed by atoms with Crippen molar-refractivity contribution in [2.45, 2.75) is 128 Å². The molecule has 6 fully saturated rings. The minimum absolute atomic E-state index is 0.00347. The first-order valence-corrected chi connectivity index (χ1v) is 24.3. The van der Waals surface area contributed by atoms with Crippen LogP contribution in [-0.4, -0.2) is 114 Å². The summed E-state index contributed by atoms with van der Waals surface area (Å²) in [6.07, 6.45) is 19.1. The third kappa shape index (κ3) is 7.49. The van der Waals surface area contributed by atoms with Crippen LogP contribution in [0.4, 0.5) is 0 Å². The smallest absolute Gasteiger partial charge is 0.258 e. The van der Waals surface area contributed by atoms with E-state index in [0.29, 0.717) is 24.2 Å². The van der Waals surface area contributed by atoms with Crippen LogP contribution in [0, 0.1) is 35.5 Å². The summed E-state index contributed by atoms with van der Waals surface area (Å²) in [4.78, 5) is 88.7. The van der Waals surface area contributed by atoms with Gasteiger partial charge in [0.1, 0.15) is 0 Å². The Hall–Kier alpha value is -4.82. The molecule has 8 heterocycles. The van der Waals surface area contributed by atoms with Crippen LogP contribution >= 0.6 is 0 Å². The van der Waals surface area contributed by atoms with E-state index in [1.807, 2.05) is 57.7 Å². The second kappa shape index (κ2) is 18.6. The molecule has 10 rings (SSSR count). The van der Waals surface area contributed by atoms with Crippen molar-refractivity contribution in [3.05, 3.63) is 79.6 Å². The molecule has 0 aromatic carbocycles. The summed E-state index contributed by atoms with van der Waals surface area (Å²) >= 11 is 0. The SMILES string of the molecule is C/C=C/c1ccc2n(c1=O)C[C@H]1[C@H](CO)[C@@H](C(=O)N3CCCCC3)[C@@H]2N1C(=O)C1CCC1.C/C=C\c1ccc2n(c1=O)C[C@H]1[C@H](CO)[C@@H](C(=O)N3CCCCC3)[C@@H]2N1C(=O)C1CCC1. The van der Waals surface area contributed by atoms with E-state index in [0.717, 1.165) is 115 Å². The van der Waals surface area contributed by atoms with Crippen LogP contribution in [0.1, 0.15) is 125 Å². The highest BCUT2D eigenvalue weighted by molar-refractivity contribution is 5.87. The van der Waals surface area contributed by atoms with Gasteiger partial charge in [-0.1, -0.05) is 37.1 Å². The van der Waals surface area contributed by atoms with Crippen molar-refractivity contribution in [3.8, 4) is 0 Å². The molecule has 6 aliphatic heterocycles. The van der Waals surface area contributed by atoms with Crippen LogP contribution in [0.5, 0.6) is 0 Å². The number of hydrogen-bond donors (Lipinski definition) is 2. The first-order chi connectivity index (χ1) is 31.1. The fraction of sp³-hybridized carbons (Fsp3) is 0.640. The molecule has 8 aliphatic rings. The lowest BCUT2D eigenvalue weighted by Crippen LogP contribution is -2.52. The maximum Gasteiger partial charge on any atom is 0.258 e. The molecule has 2 aromatic heterocycles. The highest BCUT2D eigenvalue weighted by atomic mass is 16.3. The van der Waals surface area contributed by atoms with Gasteiger partial charge in [-0.3, -0.25) is 28.8 Å². The number of allylic oxidation sites excluding steroid dienone is 2. The van der Waals surface area contributed by atoms with E-state index in [2.05, 4.69) is 0 Å². The molecule has 4 amide bonds. The molecule has 14 nitrogen and oxygen atoms in total. The molecular formula is C50H66N6O8. The highest BCUT2D eigenvalue weighted by Gasteiger charge is 2.60. The monoisotopic (exact) mass is 878 g/mol. The topological polar surface area (TPSA) is 166 Å². The van der Waals surface area contributed by atoms with Crippen molar-refractivity contribution in [3.63, 3.8) is 0 Å². The lowest BCUT2D eigenvalue weighted by Gasteiger charge is -2.42. The second-order valence-corrected chi connectivity index (χ2v) is 19.5. The number of carbonyl (C=O) groups is 4. The summed E-state index contributed by atoms with van der Waals surface area (Å²) in [6, 6.07) is 5.79. The lowest BCUT2D eigenvalue weighted by atomic mass is 9.83. The predicted octanol–water partition coefficient (Wildman–Crippen LogP) is 4.37. The van der Waals surface area contributed by atoms with Gasteiger partial charge in [-0.2, -0.15) is 0 Å². The number of nitrogens with zero attached hydrogens (tertiary/aromatic N) is 6. The molecule has 8 atom stereocenters. The number of amides is 4. The Labute approximate surface area is 375 Å². The molecule has 344 valence electrons. The van der Waals surface area contributed by atoms with Gasteiger partial charge in [-0.25, -0.2) is 0 Å². The minimum Gasteiger partial charge on any atom is -0.396 e. The number of carbonyl (C=O) groups excluding carboxylic acids is 4. The number of fused-ring (bicyclic) bond motifs is 8. The molecule has 2 N–H and O–H groups in total. The Morgan fingerprint density at radius 3 is 1.23 bits per heavy atom. The van der Waals surface area contributed by atoms with Crippen LogP contribution < -0.4 is 11.1 Å². The van der Waals surface area contributed by atoms with Crippen LogP contribution in [0.15, 0.2) is 46.0 Å². The molecule has 4 bridgehead atoms. The van der Waals surface area contributed by atoms with E-state index < -0.39 is 23.9 Å². The average molecular weight is 879 g/mol. The summed E-state index contributed by atoms with van der Waals surface area (Å²) in [5.41, 5.74) is 2.50. The Morgan fingerprint density at radius 2 is 0.922 bits per heavy atom. The summed E-state index contributed by atoms with van der Waals surface area (Å²) in [6.45, 7) is 7.02. The van der Waals surface area contributed by atoms with Crippen LogP contribution in [-0.2, 0) is 32.3 Å². The van der Waals surface area contributed by atoms with E-state index in [4.69, 9.17) is 0 Å². The zero-order valence-corrected chi connectivity index (χ0v) is 37.6. The molecule has 4 saturated heterocycles. The van der Waals surface area contributed by atoms with Gasteiger partial charge in [-0.05, 0) is 102 Å². The van der Waals surface area contributed by atoms with Gasteiger partial charge >= 0.3 is 0 Å². The van der Waals surface area contributed by atoms with Crippen LogP contribution in [0.25, 0.3) is 12.2 Å². The van der Waals surface area contributed by atoms with E-state index >= 15 is 0 Å². The fourth-order valence-corrected chi connectivity index (χ4v) is 12.4. The van der Waals surface area contributed by atoms with E-state index in [9.17, 15) is 39.0 Å².